The molecule has 0 unspecified atom stereocenters. The molecule has 4 heteroatoms. The summed E-state index contributed by atoms with van der Waals surface area (Å²) in [5, 5.41) is 2.80. The first-order valence-corrected chi connectivity index (χ1v) is 4.49. The fraction of sp³-hybridized carbons (Fsp3) is 0.875. The number of nitrogens with two attached hydrogens (primary N) is 1. The van der Waals surface area contributed by atoms with Crippen LogP contribution in [0.5, 0.6) is 0 Å². The average Bonchev–Trinajstić information content (AvgIpc) is 2.10. The van der Waals surface area contributed by atoms with Gasteiger partial charge in [-0.25, -0.2) is 4.79 Å². The molecular formula is C8H19N3O. The van der Waals surface area contributed by atoms with E-state index in [2.05, 4.69) is 5.32 Å². The maximum Gasteiger partial charge on any atom is 0.317 e. The third-order valence-electron chi connectivity index (χ3n) is 1.59. The second-order valence-corrected chi connectivity index (χ2v) is 2.60. The van der Waals surface area contributed by atoms with Crippen LogP contribution in [-0.4, -0.2) is 37.1 Å². The van der Waals surface area contributed by atoms with Crippen molar-refractivity contribution in [1.29, 1.82) is 0 Å². The van der Waals surface area contributed by atoms with Crippen molar-refractivity contribution in [2.75, 3.05) is 26.2 Å². The maximum atomic E-state index is 11.3. The molecule has 0 heterocycles. The number of hydrogen-bond acceptors (Lipinski definition) is 2. The molecule has 0 aliphatic heterocycles. The lowest BCUT2D eigenvalue weighted by Gasteiger charge is -2.20. The molecular weight excluding hydrogens is 154 g/mol. The summed E-state index contributed by atoms with van der Waals surface area (Å²) in [5.41, 5.74) is 5.35. The Morgan fingerprint density at radius 1 is 1.50 bits per heavy atom. The Labute approximate surface area is 74.1 Å². The molecule has 0 fully saturated rings. The summed E-state index contributed by atoms with van der Waals surface area (Å²) >= 11 is 0. The molecule has 4 nitrogen and oxygen atoms in total. The normalized spacial score (nSPS) is 9.58. The molecule has 0 aromatic rings. The first-order chi connectivity index (χ1) is 5.76. The smallest absolute Gasteiger partial charge is 0.317 e. The maximum absolute atomic E-state index is 11.3. The molecule has 0 aromatic carbocycles. The number of nitrogens with one attached hydrogen (secondary N) is 1. The van der Waals surface area contributed by atoms with Gasteiger partial charge in [-0.1, -0.05) is 6.92 Å². The Balaban J connectivity index is 3.69. The van der Waals surface area contributed by atoms with Crippen molar-refractivity contribution in [2.45, 2.75) is 20.3 Å². The minimum absolute atomic E-state index is 0.00944. The van der Waals surface area contributed by atoms with Crippen LogP contribution in [0.3, 0.4) is 0 Å². The Kier molecular flexibility index (Phi) is 6.47. The van der Waals surface area contributed by atoms with Gasteiger partial charge >= 0.3 is 6.03 Å². The lowest BCUT2D eigenvalue weighted by atomic mass is 10.4. The van der Waals surface area contributed by atoms with Crippen LogP contribution in [0.2, 0.25) is 0 Å². The summed E-state index contributed by atoms with van der Waals surface area (Å²) in [7, 11) is 0. The molecule has 72 valence electrons. The van der Waals surface area contributed by atoms with Crippen LogP contribution in [0.25, 0.3) is 0 Å². The van der Waals surface area contributed by atoms with Crippen molar-refractivity contribution in [3.05, 3.63) is 0 Å². The lowest BCUT2D eigenvalue weighted by Crippen LogP contribution is -2.42. The summed E-state index contributed by atoms with van der Waals surface area (Å²) in [4.78, 5) is 13.0. The Hall–Kier alpha value is -0.770. The van der Waals surface area contributed by atoms with E-state index >= 15 is 0 Å². The fourth-order valence-electron chi connectivity index (χ4n) is 0.903. The first kappa shape index (κ1) is 11.2. The topological polar surface area (TPSA) is 58.4 Å². The zero-order valence-electron chi connectivity index (χ0n) is 7.97. The molecule has 0 radical (unpaired) electrons. The second kappa shape index (κ2) is 6.91. The summed E-state index contributed by atoms with van der Waals surface area (Å²) in [6.07, 6.45) is 0.964. The highest BCUT2D eigenvalue weighted by Gasteiger charge is 2.07. The quantitative estimate of drug-likeness (QED) is 0.631. The minimum Gasteiger partial charge on any atom is -0.338 e. The van der Waals surface area contributed by atoms with Gasteiger partial charge in [0.1, 0.15) is 0 Å². The highest BCUT2D eigenvalue weighted by Crippen LogP contribution is 1.87. The number of likely N-dealkylation sites (N-methyl/N-ethyl adjacent to an activating group) is 1. The van der Waals surface area contributed by atoms with Crippen molar-refractivity contribution >= 4 is 6.03 Å². The molecule has 12 heavy (non-hydrogen) atoms. The van der Waals surface area contributed by atoms with Gasteiger partial charge in [0.25, 0.3) is 0 Å². The van der Waals surface area contributed by atoms with E-state index in [4.69, 9.17) is 5.73 Å². The van der Waals surface area contributed by atoms with Gasteiger partial charge in [0.05, 0.1) is 0 Å². The number of hydrogen-bond donors (Lipinski definition) is 2. The number of rotatable bonds is 5. The van der Waals surface area contributed by atoms with Crippen LogP contribution in [0, 0.1) is 0 Å². The van der Waals surface area contributed by atoms with Crippen molar-refractivity contribution in [3.63, 3.8) is 0 Å². The van der Waals surface area contributed by atoms with Gasteiger partial charge in [0.15, 0.2) is 0 Å². The van der Waals surface area contributed by atoms with Crippen molar-refractivity contribution < 1.29 is 4.79 Å². The van der Waals surface area contributed by atoms with Gasteiger partial charge < -0.3 is 16.0 Å². The largest absolute Gasteiger partial charge is 0.338 e. The standard InChI is InChI=1S/C8H19N3O/c1-3-6-10-8(12)11(4-2)7-5-9/h3-7,9H2,1-2H3,(H,10,12). The molecule has 2 amide bonds. The number of amides is 2. The van der Waals surface area contributed by atoms with E-state index in [9.17, 15) is 4.79 Å². The average molecular weight is 173 g/mol. The van der Waals surface area contributed by atoms with Gasteiger partial charge in [-0.3, -0.25) is 0 Å². The van der Waals surface area contributed by atoms with Crippen LogP contribution < -0.4 is 11.1 Å². The number of nitrogens with zero attached hydrogens (tertiary/aromatic N) is 1. The SMILES string of the molecule is CCCNC(=O)N(CC)CCN. The third kappa shape index (κ3) is 4.18. The second-order valence-electron chi connectivity index (χ2n) is 2.60. The van der Waals surface area contributed by atoms with Gasteiger partial charge in [-0.05, 0) is 13.3 Å². The van der Waals surface area contributed by atoms with E-state index in [1.54, 1.807) is 4.90 Å². The molecule has 0 aliphatic rings. The molecule has 0 saturated carbocycles. The molecule has 0 saturated heterocycles. The van der Waals surface area contributed by atoms with E-state index in [1.807, 2.05) is 13.8 Å². The lowest BCUT2D eigenvalue weighted by molar-refractivity contribution is 0.202. The molecule has 0 atom stereocenters. The van der Waals surface area contributed by atoms with Crippen LogP contribution in [-0.2, 0) is 0 Å². The Morgan fingerprint density at radius 2 is 2.17 bits per heavy atom. The van der Waals surface area contributed by atoms with Crippen molar-refractivity contribution in [3.8, 4) is 0 Å². The van der Waals surface area contributed by atoms with Gasteiger partial charge in [0.2, 0.25) is 0 Å². The first-order valence-electron chi connectivity index (χ1n) is 4.49. The van der Waals surface area contributed by atoms with Crippen molar-refractivity contribution in [2.24, 2.45) is 5.73 Å². The monoisotopic (exact) mass is 173 g/mol. The highest BCUT2D eigenvalue weighted by atomic mass is 16.2. The third-order valence-corrected chi connectivity index (χ3v) is 1.59. The van der Waals surface area contributed by atoms with Crippen LogP contribution in [0.1, 0.15) is 20.3 Å². The van der Waals surface area contributed by atoms with Crippen LogP contribution >= 0.6 is 0 Å². The van der Waals surface area contributed by atoms with E-state index in [1.165, 1.54) is 0 Å². The number of urea groups is 1. The van der Waals surface area contributed by atoms with E-state index < -0.39 is 0 Å². The van der Waals surface area contributed by atoms with Crippen LogP contribution in [0.15, 0.2) is 0 Å². The predicted molar refractivity (Wildman–Crippen MR) is 50.0 cm³/mol. The predicted octanol–water partition coefficient (Wildman–Crippen LogP) is 0.387. The molecule has 0 bridgehead atoms. The summed E-state index contributed by atoms with van der Waals surface area (Å²) < 4.78 is 0. The summed E-state index contributed by atoms with van der Waals surface area (Å²) in [6.45, 7) is 6.58. The zero-order chi connectivity index (χ0) is 9.40. The minimum atomic E-state index is -0.00944. The summed E-state index contributed by atoms with van der Waals surface area (Å²) in [6, 6.07) is -0.00944. The van der Waals surface area contributed by atoms with E-state index in [-0.39, 0.29) is 6.03 Å². The molecule has 0 aliphatic carbocycles. The van der Waals surface area contributed by atoms with Gasteiger partial charge in [-0.2, -0.15) is 0 Å². The fourth-order valence-corrected chi connectivity index (χ4v) is 0.903. The number of carbonyl (C=O) groups excluding carboxylic acids is 1. The number of carbonyl (C=O) groups is 1. The van der Waals surface area contributed by atoms with Gasteiger partial charge in [-0.15, -0.1) is 0 Å². The van der Waals surface area contributed by atoms with Crippen molar-refractivity contribution in [1.82, 2.24) is 10.2 Å². The highest BCUT2D eigenvalue weighted by molar-refractivity contribution is 5.74. The molecule has 3 N–H and O–H groups in total. The van der Waals surface area contributed by atoms with Gasteiger partial charge in [0, 0.05) is 26.2 Å². The molecule has 0 spiro atoms. The van der Waals surface area contributed by atoms with E-state index in [0.717, 1.165) is 13.0 Å². The zero-order valence-corrected chi connectivity index (χ0v) is 7.97. The molecule has 0 rings (SSSR count). The molecule has 0 aromatic heterocycles. The Morgan fingerprint density at radius 3 is 2.58 bits per heavy atom. The summed E-state index contributed by atoms with van der Waals surface area (Å²) in [5.74, 6) is 0. The Bertz CT molecular complexity index is 127. The van der Waals surface area contributed by atoms with Crippen LogP contribution in [0.4, 0.5) is 4.79 Å². The van der Waals surface area contributed by atoms with E-state index in [0.29, 0.717) is 19.6 Å².